The summed E-state index contributed by atoms with van der Waals surface area (Å²) >= 11 is 0. The van der Waals surface area contributed by atoms with Crippen molar-refractivity contribution in [2.75, 3.05) is 5.73 Å². The van der Waals surface area contributed by atoms with Crippen molar-refractivity contribution in [1.29, 1.82) is 0 Å². The zero-order chi connectivity index (χ0) is 9.36. The third kappa shape index (κ3) is 4.30. The van der Waals surface area contributed by atoms with Crippen molar-refractivity contribution in [2.24, 2.45) is 0 Å². The van der Waals surface area contributed by atoms with Gasteiger partial charge in [-0.3, -0.25) is 0 Å². The fraction of sp³-hybridized carbons (Fsp3) is 0. The van der Waals surface area contributed by atoms with E-state index in [9.17, 15) is 0 Å². The van der Waals surface area contributed by atoms with Gasteiger partial charge in [0.1, 0.15) is 5.82 Å². The van der Waals surface area contributed by atoms with E-state index in [-0.39, 0.29) is 0 Å². The largest absolute Gasteiger partial charge is 0.382 e. The maximum Gasteiger partial charge on any atom is 0.149 e. The van der Waals surface area contributed by atoms with E-state index in [0.29, 0.717) is 5.82 Å². The number of rotatable bonds is 0. The van der Waals surface area contributed by atoms with Crippen LogP contribution in [0.25, 0.3) is 0 Å². The minimum atomic E-state index is 0.398. The smallest absolute Gasteiger partial charge is 0.149 e. The lowest BCUT2D eigenvalue weighted by Gasteiger charge is -1.80. The van der Waals surface area contributed by atoms with Crippen molar-refractivity contribution < 1.29 is 0 Å². The molecule has 0 unspecified atom stereocenters. The van der Waals surface area contributed by atoms with E-state index in [1.165, 1.54) is 6.20 Å². The molecule has 0 spiro atoms. The Labute approximate surface area is 74.0 Å². The molecule has 0 radical (unpaired) electrons. The second-order valence-electron chi connectivity index (χ2n) is 1.86. The Morgan fingerprint density at radius 2 is 1.62 bits per heavy atom. The summed E-state index contributed by atoms with van der Waals surface area (Å²) in [6.45, 7) is 0. The second-order valence-corrected chi connectivity index (χ2v) is 1.86. The number of nitrogens with zero attached hydrogens (tertiary/aromatic N) is 6. The molecular weight excluding hydrogens is 170 g/mol. The molecule has 0 amide bonds. The summed E-state index contributed by atoms with van der Waals surface area (Å²) in [5.41, 5.74) is 5.14. The minimum Gasteiger partial charge on any atom is -0.382 e. The summed E-state index contributed by atoms with van der Waals surface area (Å²) in [6, 6.07) is 3.29. The molecule has 0 saturated carbocycles. The molecule has 0 aliphatic carbocycles. The molecule has 7 heteroatoms. The van der Waals surface area contributed by atoms with E-state index >= 15 is 0 Å². The molecule has 2 aromatic heterocycles. The fourth-order valence-corrected chi connectivity index (χ4v) is 0.455. The van der Waals surface area contributed by atoms with E-state index in [0.717, 1.165) is 0 Å². The molecule has 0 fully saturated rings. The van der Waals surface area contributed by atoms with Crippen molar-refractivity contribution in [3.8, 4) is 0 Å². The molecule has 0 atom stereocenters. The van der Waals surface area contributed by atoms with Gasteiger partial charge in [-0.2, -0.15) is 0 Å². The molecule has 66 valence electrons. The van der Waals surface area contributed by atoms with Crippen molar-refractivity contribution >= 4 is 5.82 Å². The summed E-state index contributed by atoms with van der Waals surface area (Å²) in [7, 11) is 0. The van der Waals surface area contributed by atoms with Crippen LogP contribution in [-0.4, -0.2) is 30.8 Å². The summed E-state index contributed by atoms with van der Waals surface area (Å²) < 4.78 is 0. The van der Waals surface area contributed by atoms with Crippen LogP contribution in [0.2, 0.25) is 0 Å². The van der Waals surface area contributed by atoms with Gasteiger partial charge in [0.25, 0.3) is 0 Å². The SMILES string of the molecule is Nc1ccnnn1.c1cnnnc1. The lowest BCUT2D eigenvalue weighted by atomic mass is 10.6. The molecule has 2 heterocycles. The Morgan fingerprint density at radius 3 is 1.85 bits per heavy atom. The monoisotopic (exact) mass is 177 g/mol. The number of hydrogen-bond acceptors (Lipinski definition) is 7. The van der Waals surface area contributed by atoms with Crippen LogP contribution in [0.4, 0.5) is 5.82 Å². The third-order valence-electron chi connectivity index (χ3n) is 0.933. The molecule has 2 aromatic rings. The van der Waals surface area contributed by atoms with E-state index < -0.39 is 0 Å². The van der Waals surface area contributed by atoms with Gasteiger partial charge in [-0.15, -0.1) is 20.4 Å². The molecule has 2 rings (SSSR count). The predicted molar refractivity (Wildman–Crippen MR) is 44.1 cm³/mol. The summed E-state index contributed by atoms with van der Waals surface area (Å²) in [4.78, 5) is 0. The molecule has 0 aromatic carbocycles. The topological polar surface area (TPSA) is 103 Å². The Bertz CT molecular complexity index is 283. The van der Waals surface area contributed by atoms with E-state index in [1.807, 2.05) is 0 Å². The molecule has 0 aliphatic rings. The first-order valence-corrected chi connectivity index (χ1v) is 3.38. The molecule has 0 bridgehead atoms. The maximum absolute atomic E-state index is 5.14. The normalized spacial score (nSPS) is 8.31. The average molecular weight is 177 g/mol. The number of hydrogen-bond donors (Lipinski definition) is 1. The molecule has 0 aliphatic heterocycles. The standard InChI is InChI=1S/C3H4N4.C3H3N3/c4-3-1-2-5-7-6-3;1-2-4-6-5-3-1/h1-2H,(H2,4,5,6);1-3H. The first-order chi connectivity index (χ1) is 6.39. The zero-order valence-corrected chi connectivity index (χ0v) is 6.65. The Kier molecular flexibility index (Phi) is 3.75. The second kappa shape index (κ2) is 5.47. The summed E-state index contributed by atoms with van der Waals surface area (Å²) in [6.07, 6.45) is 4.64. The number of aromatic nitrogens is 6. The van der Waals surface area contributed by atoms with Gasteiger partial charge in [-0.05, 0) is 16.5 Å². The minimum absolute atomic E-state index is 0.398. The first-order valence-electron chi connectivity index (χ1n) is 3.38. The Hall–Kier alpha value is -2.18. The molecular formula is C6H7N7. The van der Waals surface area contributed by atoms with Crippen molar-refractivity contribution in [1.82, 2.24) is 30.8 Å². The van der Waals surface area contributed by atoms with Crippen LogP contribution in [0, 0.1) is 0 Å². The van der Waals surface area contributed by atoms with Gasteiger partial charge >= 0.3 is 0 Å². The quantitative estimate of drug-likeness (QED) is 0.568. The predicted octanol–water partition coefficient (Wildman–Crippen LogP) is -0.675. The zero-order valence-electron chi connectivity index (χ0n) is 6.65. The number of nitrogens with two attached hydrogens (primary N) is 1. The van der Waals surface area contributed by atoms with Crippen molar-refractivity contribution in [3.63, 3.8) is 0 Å². The van der Waals surface area contributed by atoms with Gasteiger partial charge in [0.15, 0.2) is 0 Å². The van der Waals surface area contributed by atoms with Crippen LogP contribution in [-0.2, 0) is 0 Å². The maximum atomic E-state index is 5.14. The lowest BCUT2D eigenvalue weighted by Crippen LogP contribution is -1.91. The fourth-order valence-electron chi connectivity index (χ4n) is 0.455. The molecule has 13 heavy (non-hydrogen) atoms. The van der Waals surface area contributed by atoms with Gasteiger partial charge in [-0.25, -0.2) is 0 Å². The van der Waals surface area contributed by atoms with Crippen LogP contribution in [0.1, 0.15) is 0 Å². The van der Waals surface area contributed by atoms with Gasteiger partial charge < -0.3 is 5.73 Å². The highest BCUT2D eigenvalue weighted by molar-refractivity contribution is 5.21. The van der Waals surface area contributed by atoms with Crippen LogP contribution >= 0.6 is 0 Å². The molecule has 0 saturated heterocycles. The third-order valence-corrected chi connectivity index (χ3v) is 0.933. The van der Waals surface area contributed by atoms with Gasteiger partial charge in [0.2, 0.25) is 0 Å². The highest BCUT2D eigenvalue weighted by atomic mass is 15.3. The summed E-state index contributed by atoms with van der Waals surface area (Å²) in [5, 5.41) is 20.2. The lowest BCUT2D eigenvalue weighted by molar-refractivity contribution is 0.865. The Balaban J connectivity index is 0.000000132. The van der Waals surface area contributed by atoms with E-state index in [1.54, 1.807) is 24.5 Å². The average Bonchev–Trinajstić information content (AvgIpc) is 2.22. The Morgan fingerprint density at radius 1 is 0.923 bits per heavy atom. The van der Waals surface area contributed by atoms with Crippen LogP contribution in [0.15, 0.2) is 30.7 Å². The van der Waals surface area contributed by atoms with Gasteiger partial charge in [0, 0.05) is 6.07 Å². The van der Waals surface area contributed by atoms with Gasteiger partial charge in [-0.1, -0.05) is 0 Å². The molecule has 7 nitrogen and oxygen atoms in total. The van der Waals surface area contributed by atoms with Crippen molar-refractivity contribution in [3.05, 3.63) is 30.7 Å². The van der Waals surface area contributed by atoms with Gasteiger partial charge in [0.05, 0.1) is 18.6 Å². The number of nitrogen functional groups attached to an aromatic ring is 1. The van der Waals surface area contributed by atoms with Crippen molar-refractivity contribution in [2.45, 2.75) is 0 Å². The highest BCUT2D eigenvalue weighted by Crippen LogP contribution is 1.83. The number of anilines is 1. The highest BCUT2D eigenvalue weighted by Gasteiger charge is 1.76. The van der Waals surface area contributed by atoms with E-state index in [2.05, 4.69) is 30.8 Å². The first kappa shape index (κ1) is 8.91. The van der Waals surface area contributed by atoms with Crippen LogP contribution in [0.3, 0.4) is 0 Å². The van der Waals surface area contributed by atoms with E-state index in [4.69, 9.17) is 5.73 Å². The van der Waals surface area contributed by atoms with Crippen LogP contribution in [0.5, 0.6) is 0 Å². The van der Waals surface area contributed by atoms with Crippen LogP contribution < -0.4 is 5.73 Å². The molecule has 2 N–H and O–H groups in total. The summed E-state index contributed by atoms with van der Waals surface area (Å²) in [5.74, 6) is 0.398.